The van der Waals surface area contributed by atoms with Crippen molar-refractivity contribution in [2.24, 2.45) is 5.92 Å². The zero-order chi connectivity index (χ0) is 18.5. The predicted octanol–water partition coefficient (Wildman–Crippen LogP) is 3.90. The van der Waals surface area contributed by atoms with E-state index in [1.807, 2.05) is 44.2 Å². The molecule has 26 heavy (non-hydrogen) atoms. The second-order valence-electron chi connectivity index (χ2n) is 6.48. The summed E-state index contributed by atoms with van der Waals surface area (Å²) in [7, 11) is 0. The number of ether oxygens (including phenoxy) is 2. The molecule has 0 saturated carbocycles. The van der Waals surface area contributed by atoms with E-state index in [9.17, 15) is 4.79 Å². The van der Waals surface area contributed by atoms with Crippen molar-refractivity contribution in [3.05, 3.63) is 76.0 Å². The van der Waals surface area contributed by atoms with Gasteiger partial charge in [-0.15, -0.1) is 0 Å². The zero-order valence-corrected chi connectivity index (χ0v) is 17.1. The molecule has 0 radical (unpaired) electrons. The first-order chi connectivity index (χ1) is 12.6. The third-order valence-electron chi connectivity index (χ3n) is 4.57. The van der Waals surface area contributed by atoms with Crippen LogP contribution in [0.25, 0.3) is 0 Å². The molecule has 4 heteroatoms. The third kappa shape index (κ3) is 4.27. The summed E-state index contributed by atoms with van der Waals surface area (Å²) in [4.78, 5) is 12.3. The fraction of sp³-hybridized carbons (Fsp3) is 0.318. The molecule has 0 N–H and O–H groups in total. The Hall–Kier alpha value is -1.87. The molecule has 2 atom stereocenters. The average molecular weight is 415 g/mol. The number of carbonyl (C=O) groups is 1. The summed E-state index contributed by atoms with van der Waals surface area (Å²) in [6, 6.07) is 18.6. The van der Waals surface area contributed by atoms with Gasteiger partial charge in [0.1, 0.15) is 0 Å². The van der Waals surface area contributed by atoms with Crippen LogP contribution in [0.2, 0.25) is 0 Å². The molecule has 2 aromatic carbocycles. The van der Waals surface area contributed by atoms with Gasteiger partial charge < -0.3 is 0 Å². The van der Waals surface area contributed by atoms with Gasteiger partial charge in [-0.1, -0.05) is 0 Å². The molecule has 136 valence electrons. The van der Waals surface area contributed by atoms with E-state index in [2.05, 4.69) is 31.2 Å². The number of aryl methyl sites for hydroxylation is 1. The van der Waals surface area contributed by atoms with E-state index in [1.165, 1.54) is 10.0 Å². The Morgan fingerprint density at radius 3 is 2.58 bits per heavy atom. The van der Waals surface area contributed by atoms with E-state index in [1.54, 1.807) is 0 Å². The van der Waals surface area contributed by atoms with Crippen molar-refractivity contribution in [1.29, 1.82) is 0 Å². The first-order valence-corrected chi connectivity index (χ1v) is 10.7. The second-order valence-corrected chi connectivity index (χ2v) is 8.82. The van der Waals surface area contributed by atoms with Crippen LogP contribution in [0.5, 0.6) is 0 Å². The van der Waals surface area contributed by atoms with Crippen molar-refractivity contribution in [1.82, 2.24) is 0 Å². The van der Waals surface area contributed by atoms with Gasteiger partial charge in [-0.05, 0) is 0 Å². The van der Waals surface area contributed by atoms with Gasteiger partial charge in [-0.2, -0.15) is 0 Å². The summed E-state index contributed by atoms with van der Waals surface area (Å²) in [5.41, 5.74) is 2.34. The van der Waals surface area contributed by atoms with Gasteiger partial charge in [0, 0.05) is 0 Å². The molecular weight excluding hydrogens is 391 g/mol. The summed E-state index contributed by atoms with van der Waals surface area (Å²) in [6.07, 6.45) is 0.629. The molecule has 0 spiro atoms. The van der Waals surface area contributed by atoms with Gasteiger partial charge in [-0.3, -0.25) is 0 Å². The molecule has 0 bridgehead atoms. The van der Waals surface area contributed by atoms with E-state index in [4.69, 9.17) is 9.47 Å². The maximum atomic E-state index is 12.3. The minimum atomic E-state index is -0.169. The molecule has 2 unspecified atom stereocenters. The van der Waals surface area contributed by atoms with E-state index >= 15 is 0 Å². The van der Waals surface area contributed by atoms with Gasteiger partial charge in [0.05, 0.1) is 0 Å². The first-order valence-electron chi connectivity index (χ1n) is 8.95. The van der Waals surface area contributed by atoms with Crippen LogP contribution in [-0.2, 0) is 14.3 Å². The average Bonchev–Trinajstić information content (AvgIpc) is 3.04. The van der Waals surface area contributed by atoms with Crippen LogP contribution in [-0.4, -0.2) is 27.5 Å². The molecule has 0 saturated heterocycles. The SMILES string of the molecule is CCC(C)C(=O)OC1=C([Se]c2ccccc2)C(c2ccccc2C)OC1. The molecule has 1 aliphatic heterocycles. The molecular formula is C22H24O3Se. The minimum absolute atomic E-state index is 0.0375. The number of carbonyl (C=O) groups excluding carboxylic acids is 1. The summed E-state index contributed by atoms with van der Waals surface area (Å²) in [6.45, 7) is 6.34. The normalized spacial score (nSPS) is 18.0. The monoisotopic (exact) mass is 416 g/mol. The van der Waals surface area contributed by atoms with Crippen LogP contribution in [0.3, 0.4) is 0 Å². The van der Waals surface area contributed by atoms with Gasteiger partial charge in [-0.25, -0.2) is 0 Å². The first kappa shape index (κ1) is 18.9. The van der Waals surface area contributed by atoms with E-state index in [0.717, 1.165) is 16.5 Å². The van der Waals surface area contributed by atoms with Crippen LogP contribution >= 0.6 is 0 Å². The Morgan fingerprint density at radius 1 is 1.19 bits per heavy atom. The van der Waals surface area contributed by atoms with Crippen LogP contribution in [0.1, 0.15) is 37.5 Å². The topological polar surface area (TPSA) is 35.5 Å². The summed E-state index contributed by atoms with van der Waals surface area (Å²) in [5.74, 6) is 0.427. The molecule has 0 amide bonds. The number of hydrogen-bond acceptors (Lipinski definition) is 3. The molecule has 0 aromatic heterocycles. The van der Waals surface area contributed by atoms with Gasteiger partial charge >= 0.3 is 161 Å². The van der Waals surface area contributed by atoms with E-state index in [-0.39, 0.29) is 32.9 Å². The molecule has 3 nitrogen and oxygen atoms in total. The Labute approximate surface area is 161 Å². The van der Waals surface area contributed by atoms with Crippen molar-refractivity contribution in [3.63, 3.8) is 0 Å². The van der Waals surface area contributed by atoms with Gasteiger partial charge in [0.15, 0.2) is 0 Å². The maximum absolute atomic E-state index is 12.3. The number of hydrogen-bond donors (Lipinski definition) is 0. The summed E-state index contributed by atoms with van der Waals surface area (Å²) >= 11 is 0.0375. The van der Waals surface area contributed by atoms with Crippen LogP contribution in [0.15, 0.2) is 64.8 Å². The van der Waals surface area contributed by atoms with Crippen molar-refractivity contribution >= 4 is 25.4 Å². The molecule has 1 heterocycles. The number of rotatable bonds is 6. The Kier molecular flexibility index (Phi) is 6.31. The van der Waals surface area contributed by atoms with E-state index < -0.39 is 0 Å². The molecule has 3 rings (SSSR count). The molecule has 0 aliphatic carbocycles. The van der Waals surface area contributed by atoms with Gasteiger partial charge in [0.25, 0.3) is 0 Å². The fourth-order valence-electron chi connectivity index (χ4n) is 2.76. The standard InChI is InChI=1S/C22H24O3Se/c1-4-15(2)22(23)25-19-14-24-20(18-13-9-8-10-16(18)3)21(19)26-17-11-6-5-7-12-17/h5-13,15,20H,4,14H2,1-3H3. The summed E-state index contributed by atoms with van der Waals surface area (Å²) in [5, 5.41) is 0. The molecule has 0 fully saturated rings. The van der Waals surface area contributed by atoms with Crippen LogP contribution in [0.4, 0.5) is 0 Å². The quantitative estimate of drug-likeness (QED) is 0.530. The molecule has 2 aromatic rings. The van der Waals surface area contributed by atoms with Crippen molar-refractivity contribution in [3.8, 4) is 0 Å². The van der Waals surface area contributed by atoms with E-state index in [0.29, 0.717) is 12.4 Å². The van der Waals surface area contributed by atoms with Crippen LogP contribution < -0.4 is 4.46 Å². The van der Waals surface area contributed by atoms with Crippen LogP contribution in [0, 0.1) is 12.8 Å². The fourth-order valence-corrected chi connectivity index (χ4v) is 4.99. The zero-order valence-electron chi connectivity index (χ0n) is 15.4. The Balaban J connectivity index is 1.95. The predicted molar refractivity (Wildman–Crippen MR) is 104 cm³/mol. The molecule has 1 aliphatic rings. The van der Waals surface area contributed by atoms with Crippen molar-refractivity contribution in [2.75, 3.05) is 6.61 Å². The van der Waals surface area contributed by atoms with Gasteiger partial charge in [0.2, 0.25) is 0 Å². The Bertz CT molecular complexity index is 798. The summed E-state index contributed by atoms with van der Waals surface area (Å²) < 4.78 is 14.2. The van der Waals surface area contributed by atoms with Crippen molar-refractivity contribution in [2.45, 2.75) is 33.3 Å². The number of esters is 1. The third-order valence-corrected chi connectivity index (χ3v) is 7.03. The van der Waals surface area contributed by atoms with Crippen molar-refractivity contribution < 1.29 is 14.3 Å². The number of benzene rings is 2. The second kappa shape index (κ2) is 8.68. The Morgan fingerprint density at radius 2 is 1.88 bits per heavy atom.